The summed E-state index contributed by atoms with van der Waals surface area (Å²) < 4.78 is 0. The van der Waals surface area contributed by atoms with Crippen molar-refractivity contribution >= 4 is 11.9 Å². The number of nitrogens with zero attached hydrogens (tertiary/aromatic N) is 1. The highest BCUT2D eigenvalue weighted by atomic mass is 16.2. The molecule has 5 heteroatoms. The molecule has 1 unspecified atom stereocenters. The molecule has 148 valence electrons. The van der Waals surface area contributed by atoms with Crippen molar-refractivity contribution in [3.05, 3.63) is 35.4 Å². The fourth-order valence-corrected chi connectivity index (χ4v) is 4.31. The summed E-state index contributed by atoms with van der Waals surface area (Å²) in [5.41, 5.74) is 1.79. The van der Waals surface area contributed by atoms with Crippen LogP contribution < -0.4 is 10.6 Å². The number of amides is 3. The number of benzene rings is 1. The maximum atomic E-state index is 12.9. The summed E-state index contributed by atoms with van der Waals surface area (Å²) in [4.78, 5) is 27.4. The van der Waals surface area contributed by atoms with Crippen LogP contribution >= 0.6 is 0 Å². The molecular formula is C22H33N3O2. The molecule has 1 atom stereocenters. The van der Waals surface area contributed by atoms with Crippen LogP contribution in [-0.4, -0.2) is 36.0 Å². The van der Waals surface area contributed by atoms with Crippen molar-refractivity contribution in [2.24, 2.45) is 5.41 Å². The second-order valence-electron chi connectivity index (χ2n) is 8.48. The Kier molecular flexibility index (Phi) is 6.40. The maximum Gasteiger partial charge on any atom is 0.317 e. The molecule has 5 nitrogen and oxygen atoms in total. The van der Waals surface area contributed by atoms with Crippen LogP contribution in [0.1, 0.15) is 63.0 Å². The third kappa shape index (κ3) is 5.02. The fourth-order valence-electron chi connectivity index (χ4n) is 4.31. The zero-order valence-corrected chi connectivity index (χ0v) is 16.7. The van der Waals surface area contributed by atoms with E-state index in [1.165, 1.54) is 24.8 Å². The van der Waals surface area contributed by atoms with Crippen LogP contribution in [0, 0.1) is 12.3 Å². The lowest BCUT2D eigenvalue weighted by atomic mass is 9.81. The molecule has 3 amide bonds. The highest BCUT2D eigenvalue weighted by Crippen LogP contribution is 2.30. The molecule has 0 aromatic heterocycles. The maximum absolute atomic E-state index is 12.9. The molecule has 2 aliphatic rings. The highest BCUT2D eigenvalue weighted by molar-refractivity contribution is 5.84. The van der Waals surface area contributed by atoms with E-state index in [1.807, 2.05) is 30.0 Å². The second kappa shape index (κ2) is 8.77. The number of hydrogen-bond acceptors (Lipinski definition) is 2. The first-order chi connectivity index (χ1) is 13.0. The number of carbonyl (C=O) groups excluding carboxylic acids is 2. The first kappa shape index (κ1) is 19.7. The fraction of sp³-hybridized carbons (Fsp3) is 0.636. The van der Waals surface area contributed by atoms with Crippen molar-refractivity contribution in [2.45, 2.75) is 71.4 Å². The van der Waals surface area contributed by atoms with E-state index in [2.05, 4.69) is 23.6 Å². The largest absolute Gasteiger partial charge is 0.351 e. The van der Waals surface area contributed by atoms with E-state index < -0.39 is 5.41 Å². The summed E-state index contributed by atoms with van der Waals surface area (Å²) in [6.45, 7) is 5.81. The number of carbonyl (C=O) groups is 2. The molecule has 1 saturated carbocycles. The van der Waals surface area contributed by atoms with Gasteiger partial charge in [-0.2, -0.15) is 0 Å². The van der Waals surface area contributed by atoms with Crippen LogP contribution in [0.2, 0.25) is 0 Å². The molecule has 1 heterocycles. The standard InChI is InChI=1S/C22H33N3O2/c1-17-9-6-7-10-18(17)15-23-20(26)22(2)13-8-14-25(16-22)21(27)24-19-11-4-3-5-12-19/h6-7,9-10,19H,3-5,8,11-16H2,1-2H3,(H,23,26)(H,24,27). The second-order valence-corrected chi connectivity index (χ2v) is 8.48. The number of aryl methyl sites for hydroxylation is 1. The van der Waals surface area contributed by atoms with Gasteiger partial charge in [-0.3, -0.25) is 4.79 Å². The lowest BCUT2D eigenvalue weighted by Gasteiger charge is -2.40. The van der Waals surface area contributed by atoms with E-state index >= 15 is 0 Å². The van der Waals surface area contributed by atoms with Gasteiger partial charge >= 0.3 is 6.03 Å². The Balaban J connectivity index is 1.55. The molecule has 27 heavy (non-hydrogen) atoms. The van der Waals surface area contributed by atoms with Crippen LogP contribution in [0.4, 0.5) is 4.79 Å². The number of hydrogen-bond donors (Lipinski definition) is 2. The van der Waals surface area contributed by atoms with Crippen molar-refractivity contribution in [2.75, 3.05) is 13.1 Å². The first-order valence-corrected chi connectivity index (χ1v) is 10.4. The Labute approximate surface area is 162 Å². The van der Waals surface area contributed by atoms with Gasteiger partial charge in [0.25, 0.3) is 0 Å². The monoisotopic (exact) mass is 371 g/mol. The van der Waals surface area contributed by atoms with Crippen molar-refractivity contribution in [1.82, 2.24) is 15.5 Å². The van der Waals surface area contributed by atoms with E-state index in [9.17, 15) is 9.59 Å². The minimum absolute atomic E-state index is 0.000436. The van der Waals surface area contributed by atoms with Crippen LogP contribution in [0.3, 0.4) is 0 Å². The van der Waals surface area contributed by atoms with Crippen molar-refractivity contribution in [1.29, 1.82) is 0 Å². The predicted molar refractivity (Wildman–Crippen MR) is 107 cm³/mol. The average molecular weight is 372 g/mol. The molecule has 0 radical (unpaired) electrons. The minimum atomic E-state index is -0.523. The quantitative estimate of drug-likeness (QED) is 0.847. The van der Waals surface area contributed by atoms with Crippen molar-refractivity contribution in [3.63, 3.8) is 0 Å². The Morgan fingerprint density at radius 2 is 1.89 bits per heavy atom. The van der Waals surface area contributed by atoms with E-state index in [-0.39, 0.29) is 11.9 Å². The van der Waals surface area contributed by atoms with E-state index in [4.69, 9.17) is 0 Å². The van der Waals surface area contributed by atoms with Gasteiger partial charge < -0.3 is 15.5 Å². The topological polar surface area (TPSA) is 61.4 Å². The summed E-state index contributed by atoms with van der Waals surface area (Å²) in [7, 11) is 0. The Morgan fingerprint density at radius 3 is 2.63 bits per heavy atom. The van der Waals surface area contributed by atoms with Crippen LogP contribution in [-0.2, 0) is 11.3 Å². The third-order valence-electron chi connectivity index (χ3n) is 6.17. The van der Waals surface area contributed by atoms with Crippen LogP contribution in [0.25, 0.3) is 0 Å². The molecule has 3 rings (SSSR count). The molecule has 1 saturated heterocycles. The molecular weight excluding hydrogens is 338 g/mol. The lowest BCUT2D eigenvalue weighted by Crippen LogP contribution is -2.55. The number of nitrogens with one attached hydrogen (secondary N) is 2. The molecule has 2 fully saturated rings. The number of rotatable bonds is 4. The predicted octanol–water partition coefficient (Wildman–Crippen LogP) is 3.76. The van der Waals surface area contributed by atoms with E-state index in [0.29, 0.717) is 19.1 Å². The molecule has 0 bridgehead atoms. The minimum Gasteiger partial charge on any atom is -0.351 e. The van der Waals surface area contributed by atoms with Crippen LogP contribution in [0.15, 0.2) is 24.3 Å². The molecule has 1 aromatic rings. The lowest BCUT2D eigenvalue weighted by molar-refractivity contribution is -0.132. The van der Waals surface area contributed by atoms with E-state index in [1.54, 1.807) is 0 Å². The SMILES string of the molecule is Cc1ccccc1CNC(=O)C1(C)CCCN(C(=O)NC2CCCCC2)C1. The van der Waals surface area contributed by atoms with E-state index in [0.717, 1.165) is 37.8 Å². The summed E-state index contributed by atoms with van der Waals surface area (Å²) in [6, 6.07) is 8.40. The summed E-state index contributed by atoms with van der Waals surface area (Å²) in [5.74, 6) is 0.0425. The summed E-state index contributed by atoms with van der Waals surface area (Å²) in [5, 5.41) is 6.28. The number of urea groups is 1. The van der Waals surface area contributed by atoms with Gasteiger partial charge in [0.2, 0.25) is 5.91 Å². The van der Waals surface area contributed by atoms with Gasteiger partial charge in [-0.25, -0.2) is 4.79 Å². The zero-order valence-electron chi connectivity index (χ0n) is 16.7. The number of likely N-dealkylation sites (tertiary alicyclic amines) is 1. The molecule has 2 N–H and O–H groups in total. The molecule has 1 aliphatic heterocycles. The van der Waals surface area contributed by atoms with Crippen molar-refractivity contribution in [3.8, 4) is 0 Å². The zero-order chi connectivity index (χ0) is 19.3. The number of piperidine rings is 1. The van der Waals surface area contributed by atoms with Gasteiger partial charge in [0, 0.05) is 25.7 Å². The molecule has 1 aromatic carbocycles. The Morgan fingerprint density at radius 1 is 1.15 bits per heavy atom. The third-order valence-corrected chi connectivity index (χ3v) is 6.17. The molecule has 0 spiro atoms. The average Bonchev–Trinajstić information content (AvgIpc) is 2.68. The van der Waals surface area contributed by atoms with Gasteiger partial charge in [0.1, 0.15) is 0 Å². The highest BCUT2D eigenvalue weighted by Gasteiger charge is 2.39. The van der Waals surface area contributed by atoms with Gasteiger partial charge in [-0.15, -0.1) is 0 Å². The van der Waals surface area contributed by atoms with Crippen LogP contribution in [0.5, 0.6) is 0 Å². The first-order valence-electron chi connectivity index (χ1n) is 10.4. The molecule has 1 aliphatic carbocycles. The van der Waals surface area contributed by atoms with Gasteiger partial charge in [0.15, 0.2) is 0 Å². The Hall–Kier alpha value is -2.04. The smallest absolute Gasteiger partial charge is 0.317 e. The Bertz CT molecular complexity index is 669. The summed E-state index contributed by atoms with van der Waals surface area (Å²) >= 11 is 0. The van der Waals surface area contributed by atoms with Crippen molar-refractivity contribution < 1.29 is 9.59 Å². The van der Waals surface area contributed by atoms with Gasteiger partial charge in [-0.1, -0.05) is 43.5 Å². The van der Waals surface area contributed by atoms with Gasteiger partial charge in [-0.05, 0) is 50.7 Å². The summed E-state index contributed by atoms with van der Waals surface area (Å²) in [6.07, 6.45) is 7.51. The van der Waals surface area contributed by atoms with Gasteiger partial charge in [0.05, 0.1) is 5.41 Å². The normalized spacial score (nSPS) is 23.7.